The minimum Gasteiger partial charge on any atom is -0.486 e. The number of fused-ring (bicyclic) bond motifs is 1. The first kappa shape index (κ1) is 14.0. The molecule has 0 aliphatic carbocycles. The van der Waals surface area contributed by atoms with E-state index in [1.807, 2.05) is 0 Å². The fraction of sp³-hybridized carbons (Fsp3) is 0.429. The van der Waals surface area contributed by atoms with Crippen LogP contribution in [0.5, 0.6) is 11.5 Å². The van der Waals surface area contributed by atoms with Gasteiger partial charge in [0.25, 0.3) is 0 Å². The SMILES string of the molecule is O=S(=O)(c1cc(F)c2c(c1)OCCO2)N1CC2=C(CNC2)C1. The van der Waals surface area contributed by atoms with Crippen molar-refractivity contribution in [1.82, 2.24) is 9.62 Å². The van der Waals surface area contributed by atoms with Crippen LogP contribution in [0.15, 0.2) is 28.2 Å². The minimum absolute atomic E-state index is 0.0172. The molecule has 3 aliphatic rings. The fourth-order valence-electron chi connectivity index (χ4n) is 2.99. The van der Waals surface area contributed by atoms with Gasteiger partial charge < -0.3 is 14.8 Å². The van der Waals surface area contributed by atoms with Gasteiger partial charge in [0.2, 0.25) is 10.0 Å². The van der Waals surface area contributed by atoms with Gasteiger partial charge in [0.15, 0.2) is 17.3 Å². The zero-order valence-electron chi connectivity index (χ0n) is 11.8. The molecule has 1 aromatic carbocycles. The predicted molar refractivity (Wildman–Crippen MR) is 76.0 cm³/mol. The van der Waals surface area contributed by atoms with Crippen LogP contribution in [0.1, 0.15) is 0 Å². The van der Waals surface area contributed by atoms with Gasteiger partial charge in [0.05, 0.1) is 4.90 Å². The molecular formula is C14H15FN2O4S. The van der Waals surface area contributed by atoms with Crippen LogP contribution in [0.4, 0.5) is 4.39 Å². The topological polar surface area (TPSA) is 67.9 Å². The molecule has 3 aliphatic heterocycles. The molecule has 0 unspecified atom stereocenters. The highest BCUT2D eigenvalue weighted by molar-refractivity contribution is 7.89. The second kappa shape index (κ2) is 4.94. The van der Waals surface area contributed by atoms with Gasteiger partial charge in [-0.15, -0.1) is 0 Å². The smallest absolute Gasteiger partial charge is 0.243 e. The largest absolute Gasteiger partial charge is 0.486 e. The third kappa shape index (κ3) is 2.10. The number of hydrogen-bond donors (Lipinski definition) is 1. The highest BCUT2D eigenvalue weighted by Gasteiger charge is 2.35. The zero-order chi connectivity index (χ0) is 15.3. The Labute approximate surface area is 127 Å². The normalized spacial score (nSPS) is 21.3. The molecule has 0 fully saturated rings. The van der Waals surface area contributed by atoms with Crippen LogP contribution in [-0.4, -0.2) is 52.1 Å². The van der Waals surface area contributed by atoms with Crippen molar-refractivity contribution in [3.63, 3.8) is 0 Å². The summed E-state index contributed by atoms with van der Waals surface area (Å²) in [5.74, 6) is -0.584. The summed E-state index contributed by atoms with van der Waals surface area (Å²) in [4.78, 5) is -0.0941. The van der Waals surface area contributed by atoms with Crippen LogP contribution in [0.2, 0.25) is 0 Å². The van der Waals surface area contributed by atoms with Gasteiger partial charge >= 0.3 is 0 Å². The quantitative estimate of drug-likeness (QED) is 0.802. The lowest BCUT2D eigenvalue weighted by molar-refractivity contribution is 0.163. The predicted octanol–water partition coefficient (Wildman–Crippen LogP) is 0.501. The Morgan fingerprint density at radius 2 is 1.77 bits per heavy atom. The van der Waals surface area contributed by atoms with Gasteiger partial charge in [-0.2, -0.15) is 4.31 Å². The molecule has 8 heteroatoms. The number of hydrogen-bond acceptors (Lipinski definition) is 5. The Balaban J connectivity index is 1.68. The Hall–Kier alpha value is -1.64. The van der Waals surface area contributed by atoms with E-state index in [1.54, 1.807) is 0 Å². The summed E-state index contributed by atoms with van der Waals surface area (Å²) < 4.78 is 51.4. The molecule has 0 amide bonds. The lowest BCUT2D eigenvalue weighted by Gasteiger charge is -2.22. The van der Waals surface area contributed by atoms with Crippen molar-refractivity contribution >= 4 is 10.0 Å². The average molecular weight is 326 g/mol. The van der Waals surface area contributed by atoms with Crippen molar-refractivity contribution in [1.29, 1.82) is 0 Å². The standard InChI is InChI=1S/C14H15FN2O4S/c15-12-3-11(4-13-14(12)21-2-1-20-13)22(18,19)17-7-9-5-16-6-10(9)8-17/h3-4,16H,1-2,5-8H2. The van der Waals surface area contributed by atoms with Gasteiger partial charge in [0.1, 0.15) is 13.2 Å². The molecule has 0 radical (unpaired) electrons. The average Bonchev–Trinajstić information content (AvgIpc) is 3.08. The molecule has 22 heavy (non-hydrogen) atoms. The Bertz CT molecular complexity index is 759. The number of sulfonamides is 1. The fourth-order valence-corrected chi connectivity index (χ4v) is 4.44. The van der Waals surface area contributed by atoms with Gasteiger partial charge in [-0.25, -0.2) is 12.8 Å². The molecule has 0 saturated carbocycles. The molecule has 0 saturated heterocycles. The second-order valence-electron chi connectivity index (χ2n) is 5.51. The van der Waals surface area contributed by atoms with Crippen molar-refractivity contribution in [3.8, 4) is 11.5 Å². The highest BCUT2D eigenvalue weighted by Crippen LogP contribution is 2.37. The van der Waals surface area contributed by atoms with E-state index in [1.165, 1.54) is 10.4 Å². The molecule has 0 atom stereocenters. The third-order valence-corrected chi connectivity index (χ3v) is 5.89. The highest BCUT2D eigenvalue weighted by atomic mass is 32.2. The number of nitrogens with one attached hydrogen (secondary N) is 1. The van der Waals surface area contributed by atoms with Crippen LogP contribution < -0.4 is 14.8 Å². The number of benzene rings is 1. The summed E-state index contributed by atoms with van der Waals surface area (Å²) in [6, 6.07) is 2.35. The Kier molecular flexibility index (Phi) is 3.14. The van der Waals surface area contributed by atoms with Gasteiger partial charge in [0, 0.05) is 32.2 Å². The van der Waals surface area contributed by atoms with Crippen molar-refractivity contribution in [2.24, 2.45) is 0 Å². The first-order valence-corrected chi connectivity index (χ1v) is 8.49. The summed E-state index contributed by atoms with van der Waals surface area (Å²) in [5, 5.41) is 3.19. The summed E-state index contributed by atoms with van der Waals surface area (Å²) in [7, 11) is -3.75. The van der Waals surface area contributed by atoms with Crippen LogP contribution >= 0.6 is 0 Å². The monoisotopic (exact) mass is 326 g/mol. The van der Waals surface area contributed by atoms with Crippen LogP contribution in [0.3, 0.4) is 0 Å². The van der Waals surface area contributed by atoms with Gasteiger partial charge in [-0.05, 0) is 17.2 Å². The van der Waals surface area contributed by atoms with E-state index in [4.69, 9.17) is 9.47 Å². The van der Waals surface area contributed by atoms with E-state index in [0.29, 0.717) is 13.1 Å². The molecule has 0 spiro atoms. The molecular weight excluding hydrogens is 311 g/mol. The van der Waals surface area contributed by atoms with Crippen LogP contribution in [0.25, 0.3) is 0 Å². The van der Waals surface area contributed by atoms with E-state index in [-0.39, 0.29) is 29.6 Å². The number of rotatable bonds is 2. The Morgan fingerprint density at radius 1 is 1.09 bits per heavy atom. The summed E-state index contributed by atoms with van der Waals surface area (Å²) in [6.45, 7) is 2.70. The maximum atomic E-state index is 14.1. The third-order valence-electron chi connectivity index (χ3n) is 4.12. The van der Waals surface area contributed by atoms with E-state index in [9.17, 15) is 12.8 Å². The van der Waals surface area contributed by atoms with E-state index >= 15 is 0 Å². The van der Waals surface area contributed by atoms with E-state index in [0.717, 1.165) is 30.3 Å². The van der Waals surface area contributed by atoms with E-state index in [2.05, 4.69) is 5.32 Å². The molecule has 0 bridgehead atoms. The maximum absolute atomic E-state index is 14.1. The van der Waals surface area contributed by atoms with Crippen molar-refractivity contribution < 1.29 is 22.3 Å². The lowest BCUT2D eigenvalue weighted by atomic mass is 10.2. The zero-order valence-corrected chi connectivity index (χ0v) is 12.6. The van der Waals surface area contributed by atoms with Crippen molar-refractivity contribution in [3.05, 3.63) is 29.1 Å². The number of nitrogens with zero attached hydrogens (tertiary/aromatic N) is 1. The molecule has 6 nitrogen and oxygen atoms in total. The molecule has 1 aromatic rings. The van der Waals surface area contributed by atoms with Crippen LogP contribution in [0, 0.1) is 5.82 Å². The molecule has 1 N–H and O–H groups in total. The number of ether oxygens (including phenoxy) is 2. The maximum Gasteiger partial charge on any atom is 0.243 e. The molecule has 0 aromatic heterocycles. The second-order valence-corrected chi connectivity index (χ2v) is 7.45. The number of halogens is 1. The first-order chi connectivity index (χ1) is 10.6. The summed E-state index contributed by atoms with van der Waals surface area (Å²) >= 11 is 0. The lowest BCUT2D eigenvalue weighted by Crippen LogP contribution is -2.32. The molecule has 3 heterocycles. The summed E-state index contributed by atoms with van der Waals surface area (Å²) in [6.07, 6.45) is 0. The van der Waals surface area contributed by atoms with Gasteiger partial charge in [-0.3, -0.25) is 0 Å². The van der Waals surface area contributed by atoms with E-state index < -0.39 is 15.8 Å². The van der Waals surface area contributed by atoms with Gasteiger partial charge in [-0.1, -0.05) is 0 Å². The Morgan fingerprint density at radius 3 is 2.50 bits per heavy atom. The minimum atomic E-state index is -3.75. The first-order valence-electron chi connectivity index (χ1n) is 7.05. The van der Waals surface area contributed by atoms with Crippen molar-refractivity contribution in [2.45, 2.75) is 4.90 Å². The van der Waals surface area contributed by atoms with Crippen LogP contribution in [-0.2, 0) is 10.0 Å². The van der Waals surface area contributed by atoms with Crippen molar-refractivity contribution in [2.75, 3.05) is 39.4 Å². The molecule has 118 valence electrons. The summed E-state index contributed by atoms with van der Waals surface area (Å²) in [5.41, 5.74) is 2.23. The molecule has 4 rings (SSSR count).